The van der Waals surface area contributed by atoms with Crippen molar-refractivity contribution in [1.29, 1.82) is 0 Å². The van der Waals surface area contributed by atoms with E-state index in [1.165, 1.54) is 0 Å². The van der Waals surface area contributed by atoms with Crippen LogP contribution in [-0.4, -0.2) is 9.55 Å². The Morgan fingerprint density at radius 3 is 2.30 bits per heavy atom. The van der Waals surface area contributed by atoms with E-state index in [0.717, 1.165) is 5.82 Å². The number of imidazole rings is 1. The summed E-state index contributed by atoms with van der Waals surface area (Å²) in [6, 6.07) is 0. The van der Waals surface area contributed by atoms with Gasteiger partial charge in [0, 0.05) is 25.4 Å². The van der Waals surface area contributed by atoms with Gasteiger partial charge in [-0.3, -0.25) is 4.70 Å². The van der Waals surface area contributed by atoms with E-state index in [1.807, 2.05) is 24.0 Å². The summed E-state index contributed by atoms with van der Waals surface area (Å²) in [6.07, 6.45) is 3.80. The lowest BCUT2D eigenvalue weighted by molar-refractivity contribution is 0.711. The highest BCUT2D eigenvalue weighted by Gasteiger charge is 2.01. The molecule has 0 unspecified atom stereocenters. The number of halogens is 1. The molecule has 3 heteroatoms. The number of nitrogens with zero attached hydrogens (tertiary/aromatic N) is 2. The predicted octanol–water partition coefficient (Wildman–Crippen LogP) is 1.70. The highest BCUT2D eigenvalue weighted by Crippen LogP contribution is 2.08. The van der Waals surface area contributed by atoms with E-state index < -0.39 is 0 Å². The molecular weight excluding hydrogens is 131 g/mol. The normalized spacial score (nSPS) is 9.60. The number of rotatable bonds is 1. The first-order valence-corrected chi connectivity index (χ1v) is 3.19. The minimum Gasteiger partial charge on any atom is -0.338 e. The van der Waals surface area contributed by atoms with E-state index in [4.69, 9.17) is 0 Å². The van der Waals surface area contributed by atoms with Crippen LogP contribution in [-0.2, 0) is 7.05 Å². The summed E-state index contributed by atoms with van der Waals surface area (Å²) in [6.45, 7) is 4.28. The van der Waals surface area contributed by atoms with Crippen molar-refractivity contribution in [2.75, 3.05) is 0 Å². The molecule has 58 valence electrons. The quantitative estimate of drug-likeness (QED) is 0.586. The Hall–Kier alpha value is -0.860. The first kappa shape index (κ1) is 9.14. The van der Waals surface area contributed by atoms with Crippen LogP contribution in [0, 0.1) is 0 Å². The molecular formula is C7H13FN2. The largest absolute Gasteiger partial charge is 0.338 e. The molecule has 2 nitrogen and oxygen atoms in total. The topological polar surface area (TPSA) is 17.8 Å². The van der Waals surface area contributed by atoms with Crippen molar-refractivity contribution in [2.45, 2.75) is 19.8 Å². The van der Waals surface area contributed by atoms with Crippen molar-refractivity contribution in [3.63, 3.8) is 0 Å². The maximum Gasteiger partial charge on any atom is 0.110 e. The van der Waals surface area contributed by atoms with E-state index in [-0.39, 0.29) is 4.70 Å². The minimum atomic E-state index is 0. The van der Waals surface area contributed by atoms with Crippen molar-refractivity contribution in [3.05, 3.63) is 18.2 Å². The summed E-state index contributed by atoms with van der Waals surface area (Å²) in [4.78, 5) is 4.18. The van der Waals surface area contributed by atoms with Crippen molar-refractivity contribution in [3.8, 4) is 0 Å². The molecule has 0 aliphatic heterocycles. The molecule has 0 saturated heterocycles. The lowest BCUT2D eigenvalue weighted by Gasteiger charge is -2.02. The van der Waals surface area contributed by atoms with E-state index in [1.54, 1.807) is 0 Å². The lowest BCUT2D eigenvalue weighted by atomic mass is 10.2. The molecule has 0 spiro atoms. The Morgan fingerprint density at radius 2 is 2.10 bits per heavy atom. The van der Waals surface area contributed by atoms with Gasteiger partial charge in [-0.2, -0.15) is 0 Å². The molecule has 1 rings (SSSR count). The summed E-state index contributed by atoms with van der Waals surface area (Å²) >= 11 is 0. The van der Waals surface area contributed by atoms with Crippen LogP contribution >= 0.6 is 0 Å². The zero-order valence-electron chi connectivity index (χ0n) is 6.53. The molecule has 1 heterocycles. The standard InChI is InChI=1S/C7H12N2.FH/c1-6(2)7-8-4-5-9(7)3;/h4-6H,1-3H3;1H. The Labute approximate surface area is 60.3 Å². The fraction of sp³-hybridized carbons (Fsp3) is 0.571. The highest BCUT2D eigenvalue weighted by atomic mass is 19.0. The lowest BCUT2D eigenvalue weighted by Crippen LogP contribution is -1.98. The summed E-state index contributed by atoms with van der Waals surface area (Å²) < 4.78 is 2.05. The second-order valence-corrected chi connectivity index (χ2v) is 2.55. The maximum absolute atomic E-state index is 4.18. The summed E-state index contributed by atoms with van der Waals surface area (Å²) in [5.41, 5.74) is 0. The van der Waals surface area contributed by atoms with E-state index >= 15 is 0 Å². The summed E-state index contributed by atoms with van der Waals surface area (Å²) in [5.74, 6) is 1.68. The van der Waals surface area contributed by atoms with Gasteiger partial charge in [-0.05, 0) is 0 Å². The van der Waals surface area contributed by atoms with Crippen LogP contribution in [0.4, 0.5) is 4.70 Å². The van der Waals surface area contributed by atoms with Crippen LogP contribution in [0.2, 0.25) is 0 Å². The second-order valence-electron chi connectivity index (χ2n) is 2.55. The second kappa shape index (κ2) is 3.34. The first-order chi connectivity index (χ1) is 4.22. The average molecular weight is 144 g/mol. The SMILES string of the molecule is CC(C)c1nccn1C.F. The summed E-state index contributed by atoms with van der Waals surface area (Å²) in [5, 5.41) is 0. The monoisotopic (exact) mass is 144 g/mol. The van der Waals surface area contributed by atoms with Gasteiger partial charge in [0.15, 0.2) is 0 Å². The Bertz CT molecular complexity index is 193. The molecule has 1 aromatic rings. The van der Waals surface area contributed by atoms with Crippen molar-refractivity contribution in [2.24, 2.45) is 7.05 Å². The Morgan fingerprint density at radius 1 is 1.50 bits per heavy atom. The smallest absolute Gasteiger partial charge is 0.110 e. The van der Waals surface area contributed by atoms with Crippen molar-refractivity contribution in [1.82, 2.24) is 9.55 Å². The molecule has 0 atom stereocenters. The van der Waals surface area contributed by atoms with Crippen LogP contribution in [0.3, 0.4) is 0 Å². The molecule has 0 aliphatic rings. The number of hydrogen-bond acceptors (Lipinski definition) is 1. The van der Waals surface area contributed by atoms with Gasteiger partial charge < -0.3 is 4.57 Å². The molecule has 0 aliphatic carbocycles. The highest BCUT2D eigenvalue weighted by molar-refractivity contribution is 4.95. The van der Waals surface area contributed by atoms with Crippen LogP contribution in [0.25, 0.3) is 0 Å². The van der Waals surface area contributed by atoms with Gasteiger partial charge in [-0.25, -0.2) is 4.98 Å². The van der Waals surface area contributed by atoms with Gasteiger partial charge in [0.05, 0.1) is 0 Å². The molecule has 0 saturated carbocycles. The average Bonchev–Trinajstić information content (AvgIpc) is 2.13. The van der Waals surface area contributed by atoms with Crippen LogP contribution in [0.15, 0.2) is 12.4 Å². The third-order valence-corrected chi connectivity index (χ3v) is 1.37. The maximum atomic E-state index is 4.18. The van der Waals surface area contributed by atoms with E-state index in [2.05, 4.69) is 18.8 Å². The predicted molar refractivity (Wildman–Crippen MR) is 39.8 cm³/mol. The fourth-order valence-corrected chi connectivity index (χ4v) is 0.933. The van der Waals surface area contributed by atoms with Crippen molar-refractivity contribution < 1.29 is 4.70 Å². The molecule has 10 heavy (non-hydrogen) atoms. The van der Waals surface area contributed by atoms with E-state index in [9.17, 15) is 0 Å². The van der Waals surface area contributed by atoms with Crippen LogP contribution in [0.1, 0.15) is 25.6 Å². The number of aromatic nitrogens is 2. The van der Waals surface area contributed by atoms with Gasteiger partial charge in [-0.15, -0.1) is 0 Å². The van der Waals surface area contributed by atoms with Gasteiger partial charge in [-0.1, -0.05) is 13.8 Å². The van der Waals surface area contributed by atoms with Crippen LogP contribution < -0.4 is 0 Å². The Balaban J connectivity index is 0.000000810. The van der Waals surface area contributed by atoms with E-state index in [0.29, 0.717) is 5.92 Å². The van der Waals surface area contributed by atoms with Crippen LogP contribution in [0.5, 0.6) is 0 Å². The Kier molecular flexibility index (Phi) is 3.06. The zero-order valence-corrected chi connectivity index (χ0v) is 6.53. The van der Waals surface area contributed by atoms with Gasteiger partial charge >= 0.3 is 0 Å². The van der Waals surface area contributed by atoms with Gasteiger partial charge in [0.1, 0.15) is 5.82 Å². The van der Waals surface area contributed by atoms with Crippen molar-refractivity contribution >= 4 is 0 Å². The first-order valence-electron chi connectivity index (χ1n) is 3.19. The fourth-order valence-electron chi connectivity index (χ4n) is 0.933. The zero-order chi connectivity index (χ0) is 6.85. The molecule has 0 radical (unpaired) electrons. The molecule has 0 aromatic carbocycles. The van der Waals surface area contributed by atoms with Gasteiger partial charge in [0.25, 0.3) is 0 Å². The van der Waals surface area contributed by atoms with Gasteiger partial charge in [0.2, 0.25) is 0 Å². The third-order valence-electron chi connectivity index (χ3n) is 1.37. The molecule has 1 aromatic heterocycles. The third kappa shape index (κ3) is 1.56. The number of aryl methyl sites for hydroxylation is 1. The minimum absolute atomic E-state index is 0. The number of hydrogen-bond donors (Lipinski definition) is 0. The molecule has 0 bridgehead atoms. The molecule has 0 fully saturated rings. The summed E-state index contributed by atoms with van der Waals surface area (Å²) in [7, 11) is 2.02. The molecule has 0 N–H and O–H groups in total. The molecule has 0 amide bonds.